The van der Waals surface area contributed by atoms with Gasteiger partial charge in [0.05, 0.1) is 23.8 Å². The summed E-state index contributed by atoms with van der Waals surface area (Å²) in [6, 6.07) is 2.64. The average molecular weight is 493 g/mol. The molecule has 1 saturated heterocycles. The molecular weight excluding hydrogens is 461 g/mol. The molecule has 7 nitrogen and oxygen atoms in total. The summed E-state index contributed by atoms with van der Waals surface area (Å²) in [6.07, 6.45) is 0.685. The molecule has 1 aliphatic rings. The van der Waals surface area contributed by atoms with Gasteiger partial charge in [-0.3, -0.25) is 9.59 Å². The molecule has 3 aromatic rings. The summed E-state index contributed by atoms with van der Waals surface area (Å²) in [6.45, 7) is 10.3. The molecule has 0 radical (unpaired) electrons. The lowest BCUT2D eigenvalue weighted by Gasteiger charge is -2.37. The van der Waals surface area contributed by atoms with Crippen molar-refractivity contribution >= 4 is 17.5 Å². The molecule has 4 rings (SSSR count). The summed E-state index contributed by atoms with van der Waals surface area (Å²) in [4.78, 5) is 33.1. The molecule has 0 aromatic carbocycles. The van der Waals surface area contributed by atoms with E-state index in [0.717, 1.165) is 12.5 Å². The van der Waals surface area contributed by atoms with Gasteiger partial charge in [-0.1, -0.05) is 27.7 Å². The highest BCUT2D eigenvalue weighted by molar-refractivity contribution is 5.97. The number of furan rings is 1. The topological polar surface area (TPSA) is 71.1 Å². The van der Waals surface area contributed by atoms with E-state index in [9.17, 15) is 22.8 Å². The Bertz CT molecular complexity index is 1180. The standard InChI is InChI=1S/C23H25F3N4O3.C2H6/c1-4-14(3)29-8-7-28(12-19(29)31)22(32)20-18(5-2)30-11-16(15-6-9-33-13-15)10-17(21(30)27-20)23(24,25)26;1-2/h6,9-11,13-14H,4-5,7-8,12H2,1-3H3;1-2H3. The van der Waals surface area contributed by atoms with E-state index in [1.54, 1.807) is 17.9 Å². The van der Waals surface area contributed by atoms with Crippen molar-refractivity contribution in [3.8, 4) is 11.1 Å². The first-order valence-electron chi connectivity index (χ1n) is 11.9. The van der Waals surface area contributed by atoms with Crippen LogP contribution in [0, 0.1) is 0 Å². The minimum atomic E-state index is -4.67. The number of pyridine rings is 1. The number of imidazole rings is 1. The maximum atomic E-state index is 13.9. The number of hydrogen-bond acceptors (Lipinski definition) is 4. The van der Waals surface area contributed by atoms with E-state index in [0.29, 0.717) is 29.9 Å². The van der Waals surface area contributed by atoms with E-state index in [1.807, 2.05) is 27.7 Å². The maximum absolute atomic E-state index is 13.9. The van der Waals surface area contributed by atoms with Crippen molar-refractivity contribution in [2.24, 2.45) is 0 Å². The second-order valence-electron chi connectivity index (χ2n) is 8.18. The van der Waals surface area contributed by atoms with Gasteiger partial charge >= 0.3 is 6.18 Å². The Balaban J connectivity index is 0.00000167. The van der Waals surface area contributed by atoms with Crippen LogP contribution in [-0.4, -0.2) is 56.7 Å². The summed E-state index contributed by atoms with van der Waals surface area (Å²) in [5.74, 6) is -0.713. The van der Waals surface area contributed by atoms with Gasteiger partial charge in [-0.2, -0.15) is 13.2 Å². The van der Waals surface area contributed by atoms with Gasteiger partial charge in [0.15, 0.2) is 5.69 Å². The number of halogens is 3. The van der Waals surface area contributed by atoms with Gasteiger partial charge in [-0.25, -0.2) is 4.98 Å². The maximum Gasteiger partial charge on any atom is 0.420 e. The van der Waals surface area contributed by atoms with Gasteiger partial charge in [0, 0.05) is 36.5 Å². The summed E-state index contributed by atoms with van der Waals surface area (Å²) in [5.41, 5.74) is -0.184. The minimum absolute atomic E-state index is 0.0582. The number of carbonyl (C=O) groups excluding carboxylic acids is 2. The van der Waals surface area contributed by atoms with Crippen LogP contribution in [0.15, 0.2) is 35.3 Å². The third-order valence-electron chi connectivity index (χ3n) is 6.18. The Hall–Kier alpha value is -3.30. The molecule has 3 aromatic heterocycles. The molecule has 1 fully saturated rings. The number of alkyl halides is 3. The van der Waals surface area contributed by atoms with Crippen molar-refractivity contribution < 1.29 is 27.2 Å². The molecule has 10 heteroatoms. The minimum Gasteiger partial charge on any atom is -0.472 e. The van der Waals surface area contributed by atoms with Gasteiger partial charge in [0.25, 0.3) is 5.91 Å². The Morgan fingerprint density at radius 3 is 2.46 bits per heavy atom. The average Bonchev–Trinajstić information content (AvgIpc) is 3.51. The number of fused-ring (bicyclic) bond motifs is 1. The zero-order chi connectivity index (χ0) is 25.9. The lowest BCUT2D eigenvalue weighted by atomic mass is 10.1. The van der Waals surface area contributed by atoms with Crippen molar-refractivity contribution in [3.05, 3.63) is 47.8 Å². The smallest absolute Gasteiger partial charge is 0.420 e. The predicted molar refractivity (Wildman–Crippen MR) is 126 cm³/mol. The van der Waals surface area contributed by atoms with Crippen LogP contribution in [0.1, 0.15) is 62.8 Å². The van der Waals surface area contributed by atoms with Gasteiger partial charge < -0.3 is 18.6 Å². The summed E-state index contributed by atoms with van der Waals surface area (Å²) in [5, 5.41) is 0. The number of piperazine rings is 1. The van der Waals surface area contributed by atoms with Crippen LogP contribution in [-0.2, 0) is 17.4 Å². The third kappa shape index (κ3) is 5.06. The number of aryl methyl sites for hydroxylation is 1. The van der Waals surface area contributed by atoms with E-state index in [1.165, 1.54) is 28.0 Å². The SMILES string of the molecule is CC.CCc1c(C(=O)N2CCN(C(C)CC)C(=O)C2)nc2c(C(F)(F)F)cc(-c3ccoc3)cn12. The molecule has 0 bridgehead atoms. The fourth-order valence-electron chi connectivity index (χ4n) is 4.19. The molecule has 2 amide bonds. The van der Waals surface area contributed by atoms with E-state index >= 15 is 0 Å². The Morgan fingerprint density at radius 2 is 1.91 bits per heavy atom. The fraction of sp³-hybridized carbons (Fsp3) is 0.480. The second-order valence-corrected chi connectivity index (χ2v) is 8.18. The first kappa shape index (κ1) is 26.3. The van der Waals surface area contributed by atoms with Crippen molar-refractivity contribution in [1.82, 2.24) is 19.2 Å². The highest BCUT2D eigenvalue weighted by Gasteiger charge is 2.37. The van der Waals surface area contributed by atoms with Crippen LogP contribution in [0.4, 0.5) is 13.2 Å². The molecule has 1 unspecified atom stereocenters. The van der Waals surface area contributed by atoms with Crippen LogP contribution < -0.4 is 0 Å². The van der Waals surface area contributed by atoms with Crippen molar-refractivity contribution in [3.63, 3.8) is 0 Å². The molecule has 190 valence electrons. The van der Waals surface area contributed by atoms with Crippen LogP contribution in [0.5, 0.6) is 0 Å². The number of nitrogens with zero attached hydrogens (tertiary/aromatic N) is 4. The Morgan fingerprint density at radius 1 is 1.20 bits per heavy atom. The van der Waals surface area contributed by atoms with Gasteiger partial charge in [0.1, 0.15) is 12.2 Å². The van der Waals surface area contributed by atoms with Crippen LogP contribution in [0.3, 0.4) is 0 Å². The lowest BCUT2D eigenvalue weighted by Crippen LogP contribution is -2.54. The molecule has 1 atom stereocenters. The van der Waals surface area contributed by atoms with Gasteiger partial charge in [0.2, 0.25) is 5.91 Å². The first-order chi connectivity index (χ1) is 16.7. The lowest BCUT2D eigenvalue weighted by molar-refractivity contribution is -0.137. The van der Waals surface area contributed by atoms with E-state index in [-0.39, 0.29) is 36.3 Å². The zero-order valence-corrected chi connectivity index (χ0v) is 20.6. The molecule has 4 heterocycles. The number of rotatable bonds is 5. The summed E-state index contributed by atoms with van der Waals surface area (Å²) in [7, 11) is 0. The molecule has 0 spiro atoms. The summed E-state index contributed by atoms with van der Waals surface area (Å²) < 4.78 is 48.1. The Kier molecular flexibility index (Phi) is 7.92. The number of hydrogen-bond donors (Lipinski definition) is 0. The number of amides is 2. The van der Waals surface area contributed by atoms with Crippen LogP contribution in [0.25, 0.3) is 16.8 Å². The van der Waals surface area contributed by atoms with Crippen molar-refractivity contribution in [1.29, 1.82) is 0 Å². The first-order valence-corrected chi connectivity index (χ1v) is 11.9. The second kappa shape index (κ2) is 10.5. The molecule has 0 saturated carbocycles. The molecule has 1 aliphatic heterocycles. The largest absolute Gasteiger partial charge is 0.472 e. The fourth-order valence-corrected chi connectivity index (χ4v) is 4.19. The highest BCUT2D eigenvalue weighted by atomic mass is 19.4. The van der Waals surface area contributed by atoms with E-state index in [2.05, 4.69) is 4.98 Å². The zero-order valence-electron chi connectivity index (χ0n) is 20.6. The van der Waals surface area contributed by atoms with Crippen LogP contribution in [0.2, 0.25) is 0 Å². The van der Waals surface area contributed by atoms with E-state index < -0.39 is 17.6 Å². The number of aromatic nitrogens is 2. The highest BCUT2D eigenvalue weighted by Crippen LogP contribution is 2.36. The quantitative estimate of drug-likeness (QED) is 0.486. The van der Waals surface area contributed by atoms with Crippen molar-refractivity contribution in [2.45, 2.75) is 59.7 Å². The molecule has 35 heavy (non-hydrogen) atoms. The van der Waals surface area contributed by atoms with Gasteiger partial charge in [-0.15, -0.1) is 0 Å². The van der Waals surface area contributed by atoms with Crippen LogP contribution >= 0.6 is 0 Å². The molecule has 0 N–H and O–H groups in total. The van der Waals surface area contributed by atoms with Crippen molar-refractivity contribution in [2.75, 3.05) is 19.6 Å². The van der Waals surface area contributed by atoms with Gasteiger partial charge in [-0.05, 0) is 31.9 Å². The monoisotopic (exact) mass is 492 g/mol. The summed E-state index contributed by atoms with van der Waals surface area (Å²) >= 11 is 0. The normalized spacial score (nSPS) is 15.3. The molecule has 0 aliphatic carbocycles. The Labute approximate surface area is 202 Å². The number of carbonyl (C=O) groups is 2. The molecular formula is C25H31F3N4O3. The predicted octanol–water partition coefficient (Wildman–Crippen LogP) is 5.28. The third-order valence-corrected chi connectivity index (χ3v) is 6.18. The van der Waals surface area contributed by atoms with E-state index in [4.69, 9.17) is 4.42 Å².